The van der Waals surface area contributed by atoms with Crippen molar-refractivity contribution in [3.63, 3.8) is 0 Å². The predicted octanol–water partition coefficient (Wildman–Crippen LogP) is 4.01. The van der Waals surface area contributed by atoms with Gasteiger partial charge >= 0.3 is 0 Å². The van der Waals surface area contributed by atoms with Crippen LogP contribution in [0.25, 0.3) is 0 Å². The van der Waals surface area contributed by atoms with Crippen LogP contribution < -0.4 is 10.6 Å². The first-order valence-corrected chi connectivity index (χ1v) is 8.56. The van der Waals surface area contributed by atoms with E-state index in [1.165, 1.54) is 54.6 Å². The van der Waals surface area contributed by atoms with Crippen LogP contribution in [0.2, 0.25) is 0 Å². The largest absolute Gasteiger partial charge is 0.322 e. The van der Waals surface area contributed by atoms with Gasteiger partial charge in [0.05, 0.1) is 21.1 Å². The smallest absolute Gasteiger partial charge is 0.271 e. The van der Waals surface area contributed by atoms with Crippen molar-refractivity contribution < 1.29 is 19.4 Å². The molecule has 3 aromatic carbocycles. The maximum absolute atomic E-state index is 12.7. The van der Waals surface area contributed by atoms with E-state index in [0.29, 0.717) is 0 Å². The summed E-state index contributed by atoms with van der Waals surface area (Å²) in [5.41, 5.74) is 0.145. The molecular formula is C20H14N4O6. The van der Waals surface area contributed by atoms with Gasteiger partial charge in [-0.15, -0.1) is 0 Å². The van der Waals surface area contributed by atoms with Gasteiger partial charge in [-0.05, 0) is 24.3 Å². The van der Waals surface area contributed by atoms with Gasteiger partial charge in [-0.3, -0.25) is 29.8 Å². The molecule has 2 N–H and O–H groups in total. The minimum atomic E-state index is -0.630. The van der Waals surface area contributed by atoms with E-state index in [2.05, 4.69) is 10.6 Å². The lowest BCUT2D eigenvalue weighted by atomic mass is 10.1. The van der Waals surface area contributed by atoms with E-state index >= 15 is 0 Å². The maximum atomic E-state index is 12.7. The van der Waals surface area contributed by atoms with E-state index in [0.717, 1.165) is 6.07 Å². The first-order chi connectivity index (χ1) is 14.3. The zero-order valence-corrected chi connectivity index (χ0v) is 15.3. The fourth-order valence-corrected chi connectivity index (χ4v) is 2.64. The van der Waals surface area contributed by atoms with Gasteiger partial charge in [0.1, 0.15) is 0 Å². The van der Waals surface area contributed by atoms with E-state index in [-0.39, 0.29) is 33.9 Å². The normalized spacial score (nSPS) is 10.1. The summed E-state index contributed by atoms with van der Waals surface area (Å²) in [6.07, 6.45) is 0. The number of nitro benzene ring substituents is 2. The topological polar surface area (TPSA) is 144 Å². The average molecular weight is 406 g/mol. The molecule has 0 unspecified atom stereocenters. The molecule has 10 nitrogen and oxygen atoms in total. The summed E-state index contributed by atoms with van der Waals surface area (Å²) in [5.74, 6) is -1.22. The standard InChI is InChI=1S/C20H14N4O6/c25-19(13-5-3-7-15(11-13)23(27)28)22-18-10-2-1-9-17(18)20(26)21-14-6-4-8-16(12-14)24(29)30/h1-12H,(H,21,26)(H,22,25). The highest BCUT2D eigenvalue weighted by Crippen LogP contribution is 2.22. The number of carbonyl (C=O) groups is 2. The molecule has 0 spiro atoms. The summed E-state index contributed by atoms with van der Waals surface area (Å²) in [6, 6.07) is 16.8. The Bertz CT molecular complexity index is 1160. The number of carbonyl (C=O) groups excluding carboxylic acids is 2. The van der Waals surface area contributed by atoms with Crippen LogP contribution in [0.5, 0.6) is 0 Å². The first kappa shape index (κ1) is 20.1. The molecule has 0 heterocycles. The molecule has 30 heavy (non-hydrogen) atoms. The number of amides is 2. The quantitative estimate of drug-likeness (QED) is 0.467. The van der Waals surface area contributed by atoms with Crippen LogP contribution in [-0.4, -0.2) is 21.7 Å². The zero-order chi connectivity index (χ0) is 21.7. The van der Waals surface area contributed by atoms with Crippen LogP contribution in [0.4, 0.5) is 22.7 Å². The van der Waals surface area contributed by atoms with Crippen molar-refractivity contribution in [3.05, 3.63) is 104 Å². The molecule has 0 atom stereocenters. The average Bonchev–Trinajstić information content (AvgIpc) is 2.74. The number of nitro groups is 2. The second-order valence-electron chi connectivity index (χ2n) is 6.07. The number of hydrogen-bond donors (Lipinski definition) is 2. The predicted molar refractivity (Wildman–Crippen MR) is 109 cm³/mol. The number of nitrogens with one attached hydrogen (secondary N) is 2. The Morgan fingerprint density at radius 1 is 0.700 bits per heavy atom. The molecule has 0 bridgehead atoms. The second kappa shape index (κ2) is 8.61. The van der Waals surface area contributed by atoms with E-state index in [4.69, 9.17) is 0 Å². The Morgan fingerprint density at radius 2 is 1.33 bits per heavy atom. The third kappa shape index (κ3) is 4.62. The minimum absolute atomic E-state index is 0.0538. The molecule has 0 radical (unpaired) electrons. The van der Waals surface area contributed by atoms with Crippen molar-refractivity contribution in [1.29, 1.82) is 0 Å². The van der Waals surface area contributed by atoms with Crippen LogP contribution in [0, 0.1) is 20.2 Å². The van der Waals surface area contributed by atoms with Gasteiger partial charge in [-0.2, -0.15) is 0 Å². The van der Waals surface area contributed by atoms with E-state index in [1.807, 2.05) is 0 Å². The van der Waals surface area contributed by atoms with E-state index in [9.17, 15) is 29.8 Å². The summed E-state index contributed by atoms with van der Waals surface area (Å²) >= 11 is 0. The number of non-ortho nitro benzene ring substituents is 2. The highest BCUT2D eigenvalue weighted by molar-refractivity contribution is 6.12. The van der Waals surface area contributed by atoms with Crippen molar-refractivity contribution in [2.24, 2.45) is 0 Å². The van der Waals surface area contributed by atoms with Crippen molar-refractivity contribution in [3.8, 4) is 0 Å². The van der Waals surface area contributed by atoms with Gasteiger partial charge in [0.15, 0.2) is 0 Å². The first-order valence-electron chi connectivity index (χ1n) is 8.56. The molecule has 0 aliphatic rings. The molecule has 0 aromatic heterocycles. The van der Waals surface area contributed by atoms with Gasteiger partial charge in [-0.1, -0.05) is 24.3 Å². The summed E-state index contributed by atoms with van der Waals surface area (Å²) in [7, 11) is 0. The Kier molecular flexibility index (Phi) is 5.78. The number of benzene rings is 3. The highest BCUT2D eigenvalue weighted by atomic mass is 16.6. The van der Waals surface area contributed by atoms with Gasteiger partial charge in [0.2, 0.25) is 0 Å². The summed E-state index contributed by atoms with van der Waals surface area (Å²) in [4.78, 5) is 45.7. The Morgan fingerprint density at radius 3 is 2.03 bits per heavy atom. The van der Waals surface area contributed by atoms with Gasteiger partial charge in [0, 0.05) is 35.5 Å². The highest BCUT2D eigenvalue weighted by Gasteiger charge is 2.17. The molecule has 0 saturated heterocycles. The number of hydrogen-bond acceptors (Lipinski definition) is 6. The van der Waals surface area contributed by atoms with Gasteiger partial charge in [0.25, 0.3) is 23.2 Å². The number of para-hydroxylation sites is 1. The molecule has 0 aliphatic carbocycles. The molecule has 3 aromatic rings. The SMILES string of the molecule is O=C(Nc1ccccc1C(=O)Nc1cccc([N+](=O)[O-])c1)c1cccc([N+](=O)[O-])c1. The minimum Gasteiger partial charge on any atom is -0.322 e. The van der Waals surface area contributed by atoms with Crippen molar-refractivity contribution in [2.45, 2.75) is 0 Å². The van der Waals surface area contributed by atoms with Crippen LogP contribution in [0.3, 0.4) is 0 Å². The lowest BCUT2D eigenvalue weighted by molar-refractivity contribution is -0.385. The molecule has 0 aliphatic heterocycles. The third-order valence-corrected chi connectivity index (χ3v) is 4.05. The van der Waals surface area contributed by atoms with Gasteiger partial charge < -0.3 is 10.6 Å². The monoisotopic (exact) mass is 406 g/mol. The lowest BCUT2D eigenvalue weighted by Gasteiger charge is -2.11. The Balaban J connectivity index is 1.82. The molecular weight excluding hydrogens is 392 g/mol. The van der Waals surface area contributed by atoms with Crippen LogP contribution in [-0.2, 0) is 0 Å². The maximum Gasteiger partial charge on any atom is 0.271 e. The van der Waals surface area contributed by atoms with Crippen LogP contribution in [0.1, 0.15) is 20.7 Å². The summed E-state index contributed by atoms with van der Waals surface area (Å²) in [6.45, 7) is 0. The number of rotatable bonds is 6. The van der Waals surface area contributed by atoms with Crippen LogP contribution >= 0.6 is 0 Å². The van der Waals surface area contributed by atoms with Crippen molar-refractivity contribution in [2.75, 3.05) is 10.6 Å². The molecule has 3 rings (SSSR count). The summed E-state index contributed by atoms with van der Waals surface area (Å²) in [5, 5.41) is 26.9. The van der Waals surface area contributed by atoms with Crippen molar-refractivity contribution in [1.82, 2.24) is 0 Å². The molecule has 150 valence electrons. The fourth-order valence-electron chi connectivity index (χ4n) is 2.64. The number of anilines is 2. The van der Waals surface area contributed by atoms with Crippen LogP contribution in [0.15, 0.2) is 72.8 Å². The number of nitrogens with zero attached hydrogens (tertiary/aromatic N) is 2. The fraction of sp³-hybridized carbons (Fsp3) is 0. The third-order valence-electron chi connectivity index (χ3n) is 4.05. The molecule has 0 fully saturated rings. The van der Waals surface area contributed by atoms with Gasteiger partial charge in [-0.25, -0.2) is 0 Å². The Hall–Kier alpha value is -4.60. The Labute approximate surface area is 169 Å². The summed E-state index contributed by atoms with van der Waals surface area (Å²) < 4.78 is 0. The molecule has 10 heteroatoms. The van der Waals surface area contributed by atoms with E-state index in [1.54, 1.807) is 12.1 Å². The van der Waals surface area contributed by atoms with Crippen molar-refractivity contribution >= 4 is 34.6 Å². The second-order valence-corrected chi connectivity index (χ2v) is 6.07. The zero-order valence-electron chi connectivity index (χ0n) is 15.3. The van der Waals surface area contributed by atoms with E-state index < -0.39 is 21.7 Å². The lowest BCUT2D eigenvalue weighted by Crippen LogP contribution is -2.18. The molecule has 0 saturated carbocycles. The molecule has 2 amide bonds.